The Balaban J connectivity index is 0.00000241. The molecule has 0 unspecified atom stereocenters. The summed E-state index contributed by atoms with van der Waals surface area (Å²) in [6.07, 6.45) is 4.49. The number of sulfonamides is 1. The molecule has 11 heteroatoms. The Bertz CT molecular complexity index is 1360. The second-order valence-corrected chi connectivity index (χ2v) is 10.5. The summed E-state index contributed by atoms with van der Waals surface area (Å²) in [6.45, 7) is 3.42. The summed E-state index contributed by atoms with van der Waals surface area (Å²) in [5.74, 6) is 0.00347. The van der Waals surface area contributed by atoms with Gasteiger partial charge in [0.05, 0.1) is 11.2 Å². The first-order valence-corrected chi connectivity index (χ1v) is 13.2. The Labute approximate surface area is 214 Å². The van der Waals surface area contributed by atoms with Gasteiger partial charge in [-0.1, -0.05) is 18.2 Å². The number of hydrogen-bond donors (Lipinski definition) is 3. The lowest BCUT2D eigenvalue weighted by molar-refractivity contribution is -0.124. The summed E-state index contributed by atoms with van der Waals surface area (Å²) >= 11 is 4.82. The van der Waals surface area contributed by atoms with Crippen molar-refractivity contribution in [1.29, 1.82) is 0 Å². The van der Waals surface area contributed by atoms with Crippen LogP contribution in [-0.4, -0.2) is 49.5 Å². The number of aliphatic imine (C=N–C) groups is 1. The number of rotatable bonds is 6. The molecule has 0 radical (unpaired) electrons. The van der Waals surface area contributed by atoms with Crippen molar-refractivity contribution >= 4 is 56.2 Å². The largest absolute Gasteiger partial charge is 0.390 e. The number of carbonyl (C=O) groups is 1. The quantitative estimate of drug-likeness (QED) is 0.262. The van der Waals surface area contributed by atoms with Gasteiger partial charge in [-0.2, -0.15) is 0 Å². The summed E-state index contributed by atoms with van der Waals surface area (Å²) in [5.41, 5.74) is 7.10. The van der Waals surface area contributed by atoms with Gasteiger partial charge >= 0.3 is 0 Å². The predicted octanol–water partition coefficient (Wildman–Crippen LogP) is 3.28. The third-order valence-corrected chi connectivity index (χ3v) is 7.88. The van der Waals surface area contributed by atoms with Gasteiger partial charge in [-0.25, -0.2) is 13.4 Å². The molecular weight excluding hydrogens is 484 g/mol. The minimum Gasteiger partial charge on any atom is -0.390 e. The Morgan fingerprint density at radius 3 is 2.54 bits per heavy atom. The number of piperidine rings is 1. The van der Waals surface area contributed by atoms with E-state index in [1.807, 2.05) is 48.0 Å². The Kier molecular flexibility index (Phi) is 7.37. The second-order valence-electron chi connectivity index (χ2n) is 8.41. The number of amides is 1. The first-order valence-electron chi connectivity index (χ1n) is 11.3. The van der Waals surface area contributed by atoms with Crippen LogP contribution in [-0.2, 0) is 14.8 Å². The van der Waals surface area contributed by atoms with Gasteiger partial charge in [-0.05, 0) is 73.8 Å². The lowest BCUT2D eigenvalue weighted by Crippen LogP contribution is -2.46. The second kappa shape index (κ2) is 10.4. The first-order chi connectivity index (χ1) is 16.8. The molecule has 1 atom stereocenters. The topological polar surface area (TPSA) is 122 Å². The summed E-state index contributed by atoms with van der Waals surface area (Å²) in [6, 6.07) is 16.4. The lowest BCUT2D eigenvalue weighted by atomic mass is 10.0. The van der Waals surface area contributed by atoms with Gasteiger partial charge < -0.3 is 20.5 Å². The zero-order chi connectivity index (χ0) is 25.0. The minimum absolute atomic E-state index is 0. The van der Waals surface area contributed by atoms with Crippen LogP contribution < -0.4 is 20.7 Å². The van der Waals surface area contributed by atoms with Crippen LogP contribution >= 0.6 is 12.2 Å². The van der Waals surface area contributed by atoms with E-state index < -0.39 is 10.0 Å². The summed E-state index contributed by atoms with van der Waals surface area (Å²) < 4.78 is 29.0. The van der Waals surface area contributed by atoms with Gasteiger partial charge in [0.2, 0.25) is 11.0 Å². The molecule has 4 rings (SSSR count). The van der Waals surface area contributed by atoms with Crippen LogP contribution in [0.4, 0.5) is 5.69 Å². The van der Waals surface area contributed by atoms with E-state index in [9.17, 15) is 13.2 Å². The minimum atomic E-state index is -3.82. The predicted molar refractivity (Wildman–Crippen MR) is 148 cm³/mol. The van der Waals surface area contributed by atoms with Crippen LogP contribution in [0.5, 0.6) is 0 Å². The molecule has 35 heavy (non-hydrogen) atoms. The van der Waals surface area contributed by atoms with Crippen LogP contribution in [0.3, 0.4) is 0 Å². The Morgan fingerprint density at radius 1 is 1.17 bits per heavy atom. The molecule has 1 aliphatic heterocycles. The molecule has 0 aliphatic carbocycles. The fourth-order valence-electron chi connectivity index (χ4n) is 4.28. The molecule has 1 saturated heterocycles. The van der Waals surface area contributed by atoms with Gasteiger partial charge in [0.25, 0.3) is 10.0 Å². The summed E-state index contributed by atoms with van der Waals surface area (Å²) in [7, 11) is -3.82. The van der Waals surface area contributed by atoms with Crippen molar-refractivity contribution < 1.29 is 17.5 Å². The number of nitrogens with zero attached hydrogens (tertiary/aromatic N) is 3. The van der Waals surface area contributed by atoms with Crippen molar-refractivity contribution in [3.05, 3.63) is 60.8 Å². The molecule has 0 spiro atoms. The number of anilines is 1. The monoisotopic (exact) mass is 518 g/mol. The van der Waals surface area contributed by atoms with Gasteiger partial charge in [-0.15, -0.1) is 0 Å². The van der Waals surface area contributed by atoms with E-state index in [2.05, 4.69) is 19.9 Å². The van der Waals surface area contributed by atoms with Crippen molar-refractivity contribution in [1.82, 2.24) is 14.6 Å². The molecule has 1 aromatic heterocycles. The zero-order valence-electron chi connectivity index (χ0n) is 19.3. The fourth-order valence-corrected chi connectivity index (χ4v) is 5.56. The van der Waals surface area contributed by atoms with E-state index >= 15 is 0 Å². The smallest absolute Gasteiger partial charge is 0.263 e. The number of aromatic nitrogens is 1. The number of nitrogens with two attached hydrogens (primary N) is 1. The molecule has 4 N–H and O–H groups in total. The summed E-state index contributed by atoms with van der Waals surface area (Å²) in [4.78, 5) is 18.7. The van der Waals surface area contributed by atoms with E-state index in [0.29, 0.717) is 0 Å². The van der Waals surface area contributed by atoms with E-state index in [4.69, 9.17) is 18.0 Å². The highest BCUT2D eigenvalue weighted by Gasteiger charge is 2.24. The number of hydrogen-bond acceptors (Lipinski definition) is 5. The number of para-hydroxylation sites is 1. The normalized spacial score (nSPS) is 15.9. The number of nitrogens with one attached hydrogen (secondary N) is 2. The average molecular weight is 519 g/mol. The summed E-state index contributed by atoms with van der Waals surface area (Å²) in [5, 5.41) is 4.09. The highest BCUT2D eigenvalue weighted by Crippen LogP contribution is 2.24. The maximum absolute atomic E-state index is 12.9. The van der Waals surface area contributed by atoms with E-state index in [1.54, 1.807) is 12.1 Å². The maximum Gasteiger partial charge on any atom is 0.263 e. The van der Waals surface area contributed by atoms with E-state index in [-0.39, 0.29) is 32.3 Å². The Hall–Kier alpha value is -3.44. The zero-order valence-corrected chi connectivity index (χ0v) is 20.9. The molecule has 1 fully saturated rings. The third kappa shape index (κ3) is 5.63. The van der Waals surface area contributed by atoms with Gasteiger partial charge in [0.15, 0.2) is 0 Å². The van der Waals surface area contributed by atoms with Crippen LogP contribution in [0, 0.1) is 0 Å². The number of fused-ring (bicyclic) bond motifs is 1. The van der Waals surface area contributed by atoms with Crippen molar-refractivity contribution in [2.24, 2.45) is 10.7 Å². The van der Waals surface area contributed by atoms with Gasteiger partial charge in [-0.3, -0.25) is 9.52 Å². The molecule has 1 amide bonds. The van der Waals surface area contributed by atoms with Crippen molar-refractivity contribution in [2.45, 2.75) is 36.7 Å². The average Bonchev–Trinajstić information content (AvgIpc) is 3.28. The molecule has 0 bridgehead atoms. The molecule has 3 aromatic rings. The first kappa shape index (κ1) is 24.7. The molecular formula is C24H34N6O3S2. The molecule has 2 heterocycles. The SMILES string of the molecule is C[C@@H](C(=O)NC1CCN(c2ccc(S(=O)(=O)NC(=S)N=CN)cc2)CC1)n1ccc2ccccc21.[HH].[HH].[HH]. The number of carbonyl (C=O) groups excluding carboxylic acids is 1. The standard InChI is InChI=1S/C24H28N6O3S2.3H2/c1-17(30-15-10-18-4-2-3-5-22(18)30)23(31)27-19-11-13-29(14-12-19)20-6-8-21(9-7-20)35(32,33)28-24(34)26-16-25;;;/h2-10,15-17,19H,11-14H2,1H3,(H,27,31)(H3,25,26,28,34);3*1H/t17-;;;/m0.../s1. The van der Waals surface area contributed by atoms with Crippen LogP contribution in [0.25, 0.3) is 10.9 Å². The van der Waals surface area contributed by atoms with E-state index in [1.165, 1.54) is 12.1 Å². The van der Waals surface area contributed by atoms with Crippen molar-refractivity contribution in [3.8, 4) is 0 Å². The molecule has 2 aromatic carbocycles. The molecule has 190 valence electrons. The molecule has 0 saturated carbocycles. The van der Waals surface area contributed by atoms with Crippen LogP contribution in [0.2, 0.25) is 0 Å². The molecule has 9 nitrogen and oxygen atoms in total. The third-order valence-electron chi connectivity index (χ3n) is 6.19. The Morgan fingerprint density at radius 2 is 1.86 bits per heavy atom. The number of thiocarbonyl (C=S) groups is 1. The van der Waals surface area contributed by atoms with Gasteiger partial charge in [0, 0.05) is 40.8 Å². The highest BCUT2D eigenvalue weighted by molar-refractivity contribution is 7.91. The number of benzene rings is 2. The van der Waals surface area contributed by atoms with E-state index in [0.717, 1.165) is 48.9 Å². The highest BCUT2D eigenvalue weighted by atomic mass is 32.2. The molecule has 1 aliphatic rings. The van der Waals surface area contributed by atoms with Crippen molar-refractivity contribution in [3.63, 3.8) is 0 Å². The van der Waals surface area contributed by atoms with Gasteiger partial charge in [0.1, 0.15) is 6.04 Å². The maximum atomic E-state index is 12.9. The fraction of sp³-hybridized carbons (Fsp3) is 0.292. The lowest BCUT2D eigenvalue weighted by Gasteiger charge is -2.34. The van der Waals surface area contributed by atoms with Crippen LogP contribution in [0.1, 0.15) is 30.1 Å². The van der Waals surface area contributed by atoms with Crippen molar-refractivity contribution in [2.75, 3.05) is 18.0 Å². The van der Waals surface area contributed by atoms with Crippen LogP contribution in [0.15, 0.2) is 70.7 Å².